The number of imide groups is 1. The van der Waals surface area contributed by atoms with E-state index in [1.54, 1.807) is 12.1 Å². The molecular weight excluding hydrogens is 338 g/mol. The first-order chi connectivity index (χ1) is 13.0. The Morgan fingerprint density at radius 2 is 1.78 bits per heavy atom. The number of rotatable bonds is 3. The first-order valence-electron chi connectivity index (χ1n) is 9.40. The van der Waals surface area contributed by atoms with Gasteiger partial charge in [-0.25, -0.2) is 4.90 Å². The van der Waals surface area contributed by atoms with Crippen molar-refractivity contribution < 1.29 is 14.3 Å². The second-order valence-corrected chi connectivity index (χ2v) is 7.99. The summed E-state index contributed by atoms with van der Waals surface area (Å²) in [6.07, 6.45) is 5.16. The van der Waals surface area contributed by atoms with Crippen LogP contribution < -0.4 is 9.64 Å². The molecule has 136 valence electrons. The smallest absolute Gasteiger partial charge is 0.241 e. The number of allylic oxidation sites excluding steroid dienone is 2. The maximum absolute atomic E-state index is 13.2. The SMILES string of the molecule is Cc1ccccc1Oc1ccc(N2C(=O)[C@H]3[C@@H]4C=C[C@@H](C4)[C@]3(C)C2=O)cc1. The van der Waals surface area contributed by atoms with E-state index < -0.39 is 5.41 Å². The number of benzene rings is 2. The Morgan fingerprint density at radius 1 is 1.04 bits per heavy atom. The van der Waals surface area contributed by atoms with Crippen LogP contribution in [0.4, 0.5) is 5.69 Å². The Morgan fingerprint density at radius 3 is 2.48 bits per heavy atom. The van der Waals surface area contributed by atoms with Gasteiger partial charge in [-0.15, -0.1) is 0 Å². The van der Waals surface area contributed by atoms with Crippen molar-refractivity contribution in [2.75, 3.05) is 4.90 Å². The van der Waals surface area contributed by atoms with Crippen LogP contribution in [-0.2, 0) is 9.59 Å². The zero-order chi connectivity index (χ0) is 18.8. The zero-order valence-electron chi connectivity index (χ0n) is 15.4. The fourth-order valence-corrected chi connectivity index (χ4v) is 5.01. The van der Waals surface area contributed by atoms with Crippen molar-refractivity contribution in [1.29, 1.82) is 0 Å². The third kappa shape index (κ3) is 2.16. The molecule has 2 amide bonds. The van der Waals surface area contributed by atoms with Crippen LogP contribution in [0.3, 0.4) is 0 Å². The molecule has 27 heavy (non-hydrogen) atoms. The number of hydrogen-bond acceptors (Lipinski definition) is 3. The number of carbonyl (C=O) groups is 2. The van der Waals surface area contributed by atoms with E-state index in [9.17, 15) is 9.59 Å². The predicted octanol–water partition coefficient (Wildman–Crippen LogP) is 4.49. The molecule has 3 aliphatic rings. The van der Waals surface area contributed by atoms with Gasteiger partial charge in [0.25, 0.3) is 0 Å². The summed E-state index contributed by atoms with van der Waals surface area (Å²) in [6.45, 7) is 3.95. The number of anilines is 1. The highest BCUT2D eigenvalue weighted by atomic mass is 16.5. The summed E-state index contributed by atoms with van der Waals surface area (Å²) < 4.78 is 5.92. The average Bonchev–Trinajstić information content (AvgIpc) is 3.30. The lowest BCUT2D eigenvalue weighted by Crippen LogP contribution is -2.37. The van der Waals surface area contributed by atoms with Gasteiger partial charge in [-0.1, -0.05) is 30.4 Å². The summed E-state index contributed by atoms with van der Waals surface area (Å²) >= 11 is 0. The van der Waals surface area contributed by atoms with Gasteiger partial charge in [0.1, 0.15) is 11.5 Å². The van der Waals surface area contributed by atoms with Crippen LogP contribution >= 0.6 is 0 Å². The monoisotopic (exact) mass is 359 g/mol. The molecule has 2 aromatic rings. The maximum Gasteiger partial charge on any atom is 0.241 e. The fourth-order valence-electron chi connectivity index (χ4n) is 5.01. The van der Waals surface area contributed by atoms with Crippen LogP contribution in [0.1, 0.15) is 18.9 Å². The highest BCUT2D eigenvalue weighted by molar-refractivity contribution is 6.24. The summed E-state index contributed by atoms with van der Waals surface area (Å²) in [5.41, 5.74) is 1.08. The molecule has 1 aliphatic heterocycles. The molecule has 1 saturated heterocycles. The summed E-state index contributed by atoms with van der Waals surface area (Å²) in [6, 6.07) is 15.0. The van der Waals surface area contributed by atoms with E-state index in [0.717, 1.165) is 17.7 Å². The Balaban J connectivity index is 1.42. The van der Waals surface area contributed by atoms with E-state index in [0.29, 0.717) is 11.4 Å². The van der Waals surface area contributed by atoms with Crippen molar-refractivity contribution >= 4 is 17.5 Å². The van der Waals surface area contributed by atoms with Gasteiger partial charge in [-0.3, -0.25) is 9.59 Å². The summed E-state index contributed by atoms with van der Waals surface area (Å²) in [5.74, 6) is 1.50. The van der Waals surface area contributed by atoms with Gasteiger partial charge in [-0.2, -0.15) is 0 Å². The van der Waals surface area contributed by atoms with Crippen LogP contribution in [0.15, 0.2) is 60.7 Å². The van der Waals surface area contributed by atoms with Crippen molar-refractivity contribution in [1.82, 2.24) is 0 Å². The van der Waals surface area contributed by atoms with Crippen molar-refractivity contribution in [2.24, 2.45) is 23.2 Å². The van der Waals surface area contributed by atoms with Crippen LogP contribution in [0.5, 0.6) is 11.5 Å². The van der Waals surface area contributed by atoms with Gasteiger partial charge in [0.2, 0.25) is 11.8 Å². The molecule has 2 bridgehead atoms. The minimum Gasteiger partial charge on any atom is -0.457 e. The largest absolute Gasteiger partial charge is 0.457 e. The number of amides is 2. The van der Waals surface area contributed by atoms with Crippen molar-refractivity contribution in [3.8, 4) is 11.5 Å². The fraction of sp³-hybridized carbons (Fsp3) is 0.304. The van der Waals surface area contributed by atoms with Crippen LogP contribution in [0.25, 0.3) is 0 Å². The Bertz CT molecular complexity index is 977. The van der Waals surface area contributed by atoms with Gasteiger partial charge < -0.3 is 4.74 Å². The highest BCUT2D eigenvalue weighted by Gasteiger charge is 2.67. The first-order valence-corrected chi connectivity index (χ1v) is 9.40. The van der Waals surface area contributed by atoms with Gasteiger partial charge in [-0.05, 0) is 68.0 Å². The molecule has 2 fully saturated rings. The lowest BCUT2D eigenvalue weighted by Gasteiger charge is -2.28. The minimum atomic E-state index is -0.590. The van der Waals surface area contributed by atoms with Crippen molar-refractivity contribution in [2.45, 2.75) is 20.3 Å². The predicted molar refractivity (Wildman–Crippen MR) is 103 cm³/mol. The Kier molecular flexibility index (Phi) is 3.36. The molecule has 0 spiro atoms. The van der Waals surface area contributed by atoms with Gasteiger partial charge in [0, 0.05) is 0 Å². The molecule has 4 atom stereocenters. The number of para-hydroxylation sites is 1. The number of hydrogen-bond donors (Lipinski definition) is 0. The molecule has 0 aromatic heterocycles. The summed E-state index contributed by atoms with van der Waals surface area (Å²) in [4.78, 5) is 27.6. The van der Waals surface area contributed by atoms with E-state index in [2.05, 4.69) is 12.2 Å². The zero-order valence-corrected chi connectivity index (χ0v) is 15.4. The molecule has 0 unspecified atom stereocenters. The van der Waals surface area contributed by atoms with E-state index >= 15 is 0 Å². The van der Waals surface area contributed by atoms with E-state index in [4.69, 9.17) is 4.74 Å². The van der Waals surface area contributed by atoms with Crippen LogP contribution in [-0.4, -0.2) is 11.8 Å². The van der Waals surface area contributed by atoms with E-state index in [1.165, 1.54) is 4.90 Å². The van der Waals surface area contributed by atoms with Crippen molar-refractivity contribution in [3.05, 3.63) is 66.2 Å². The molecular formula is C23H21NO3. The normalized spacial score (nSPS) is 30.9. The Labute approximate surface area is 158 Å². The lowest BCUT2D eigenvalue weighted by atomic mass is 9.71. The van der Waals surface area contributed by atoms with Gasteiger partial charge in [0.15, 0.2) is 0 Å². The van der Waals surface area contributed by atoms with Crippen molar-refractivity contribution in [3.63, 3.8) is 0 Å². The molecule has 2 aliphatic carbocycles. The number of fused-ring (bicyclic) bond motifs is 5. The molecule has 1 heterocycles. The summed E-state index contributed by atoms with van der Waals surface area (Å²) in [5, 5.41) is 0. The minimum absolute atomic E-state index is 0.0630. The van der Waals surface area contributed by atoms with E-state index in [-0.39, 0.29) is 29.6 Å². The number of ether oxygens (including phenoxy) is 1. The molecule has 4 nitrogen and oxygen atoms in total. The standard InChI is InChI=1S/C23H21NO3/c1-14-5-3-4-6-19(14)27-18-11-9-17(10-12-18)24-21(25)20-15-7-8-16(13-15)23(20,2)22(24)26/h3-12,15-16,20H,13H2,1-2H3/t15-,16+,20-,23+/m1/s1. The third-order valence-corrected chi connectivity index (χ3v) is 6.53. The highest BCUT2D eigenvalue weighted by Crippen LogP contribution is 2.60. The third-order valence-electron chi connectivity index (χ3n) is 6.53. The quantitative estimate of drug-likeness (QED) is 0.599. The Hall–Kier alpha value is -2.88. The van der Waals surface area contributed by atoms with Crippen LogP contribution in [0, 0.1) is 30.1 Å². The lowest BCUT2D eigenvalue weighted by molar-refractivity contribution is -0.127. The topological polar surface area (TPSA) is 46.6 Å². The molecule has 2 aromatic carbocycles. The summed E-state index contributed by atoms with van der Waals surface area (Å²) in [7, 11) is 0. The second kappa shape index (κ2) is 5.56. The molecule has 5 rings (SSSR count). The molecule has 0 radical (unpaired) electrons. The van der Waals surface area contributed by atoms with Gasteiger partial charge in [0.05, 0.1) is 17.0 Å². The van der Waals surface area contributed by atoms with Gasteiger partial charge >= 0.3 is 0 Å². The molecule has 1 saturated carbocycles. The average molecular weight is 359 g/mol. The first kappa shape index (κ1) is 16.3. The maximum atomic E-state index is 13.2. The number of carbonyl (C=O) groups excluding carboxylic acids is 2. The number of aryl methyl sites for hydroxylation is 1. The number of nitrogens with zero attached hydrogens (tertiary/aromatic N) is 1. The molecule has 4 heteroatoms. The van der Waals surface area contributed by atoms with E-state index in [1.807, 2.05) is 50.2 Å². The molecule has 0 N–H and O–H groups in total. The van der Waals surface area contributed by atoms with Crippen LogP contribution in [0.2, 0.25) is 0 Å². The second-order valence-electron chi connectivity index (χ2n) is 7.99.